The summed E-state index contributed by atoms with van der Waals surface area (Å²) in [5.74, 6) is -0.296. The normalized spacial score (nSPS) is 21.5. The lowest BCUT2D eigenvalue weighted by Gasteiger charge is -2.37. The Balaban J connectivity index is 1.55. The Kier molecular flexibility index (Phi) is 5.36. The molecule has 0 saturated carbocycles. The zero-order chi connectivity index (χ0) is 18.7. The molecule has 2 heterocycles. The molecule has 2 saturated heterocycles. The van der Waals surface area contributed by atoms with Crippen LogP contribution in [0.3, 0.4) is 0 Å². The van der Waals surface area contributed by atoms with Crippen molar-refractivity contribution < 1.29 is 22.8 Å². The second-order valence-corrected chi connectivity index (χ2v) is 6.42. The maximum absolute atomic E-state index is 12.8. The summed E-state index contributed by atoms with van der Waals surface area (Å²) in [5, 5.41) is 5.73. The molecule has 1 atom stereocenters. The lowest BCUT2D eigenvalue weighted by Crippen LogP contribution is -2.56. The third kappa shape index (κ3) is 4.27. The van der Waals surface area contributed by atoms with Gasteiger partial charge in [-0.2, -0.15) is 13.2 Å². The van der Waals surface area contributed by atoms with Crippen LogP contribution >= 0.6 is 0 Å². The van der Waals surface area contributed by atoms with E-state index < -0.39 is 17.8 Å². The second-order valence-electron chi connectivity index (χ2n) is 6.42. The van der Waals surface area contributed by atoms with E-state index in [0.717, 1.165) is 12.1 Å². The van der Waals surface area contributed by atoms with Crippen LogP contribution in [0.1, 0.15) is 12.0 Å². The van der Waals surface area contributed by atoms with Crippen molar-refractivity contribution in [1.82, 2.24) is 15.5 Å². The van der Waals surface area contributed by atoms with Crippen LogP contribution in [0.4, 0.5) is 18.9 Å². The van der Waals surface area contributed by atoms with Crippen molar-refractivity contribution in [2.75, 3.05) is 44.2 Å². The summed E-state index contributed by atoms with van der Waals surface area (Å²) in [7, 11) is 0. The summed E-state index contributed by atoms with van der Waals surface area (Å²) in [6.07, 6.45) is -4.28. The second kappa shape index (κ2) is 7.53. The Labute approximate surface area is 149 Å². The Morgan fingerprint density at radius 3 is 2.54 bits per heavy atom. The van der Waals surface area contributed by atoms with Gasteiger partial charge < -0.3 is 20.4 Å². The lowest BCUT2D eigenvalue weighted by atomic mass is 10.1. The largest absolute Gasteiger partial charge is 0.416 e. The Morgan fingerprint density at radius 2 is 1.88 bits per heavy atom. The number of piperazine rings is 2. The quantitative estimate of drug-likeness (QED) is 0.828. The molecule has 2 N–H and O–H groups in total. The van der Waals surface area contributed by atoms with E-state index in [1.807, 2.05) is 4.90 Å². The van der Waals surface area contributed by atoms with Crippen LogP contribution in [-0.4, -0.2) is 62.0 Å². The van der Waals surface area contributed by atoms with Crippen LogP contribution in [0.5, 0.6) is 0 Å². The van der Waals surface area contributed by atoms with Crippen molar-refractivity contribution in [1.29, 1.82) is 0 Å². The van der Waals surface area contributed by atoms with E-state index in [2.05, 4.69) is 10.6 Å². The van der Waals surface area contributed by atoms with E-state index in [-0.39, 0.29) is 18.2 Å². The monoisotopic (exact) mass is 370 g/mol. The van der Waals surface area contributed by atoms with Crippen LogP contribution in [0.2, 0.25) is 0 Å². The highest BCUT2D eigenvalue weighted by atomic mass is 19.4. The summed E-state index contributed by atoms with van der Waals surface area (Å²) in [4.78, 5) is 27.6. The first-order valence-corrected chi connectivity index (χ1v) is 8.55. The van der Waals surface area contributed by atoms with Gasteiger partial charge in [0.1, 0.15) is 0 Å². The summed E-state index contributed by atoms with van der Waals surface area (Å²) < 4.78 is 38.5. The highest BCUT2D eigenvalue weighted by Gasteiger charge is 2.32. The van der Waals surface area contributed by atoms with Gasteiger partial charge in [-0.15, -0.1) is 0 Å². The number of carbonyl (C=O) groups is 2. The molecule has 9 heteroatoms. The number of hydrogen-bond donors (Lipinski definition) is 2. The maximum Gasteiger partial charge on any atom is 0.416 e. The van der Waals surface area contributed by atoms with Gasteiger partial charge in [0.15, 0.2) is 0 Å². The molecule has 2 fully saturated rings. The minimum Gasteiger partial charge on any atom is -0.368 e. The molecule has 2 amide bonds. The molecular formula is C17H21F3N4O2. The SMILES string of the molecule is O=C1NCCNC1CC(=O)N1CCN(c2cccc(C(F)(F)F)c2)CC1. The van der Waals surface area contributed by atoms with Gasteiger partial charge in [0.25, 0.3) is 0 Å². The zero-order valence-electron chi connectivity index (χ0n) is 14.2. The number of benzene rings is 1. The summed E-state index contributed by atoms with van der Waals surface area (Å²) in [6, 6.07) is 4.70. The van der Waals surface area contributed by atoms with Gasteiger partial charge in [-0.3, -0.25) is 9.59 Å². The fourth-order valence-electron chi connectivity index (χ4n) is 3.21. The van der Waals surface area contributed by atoms with E-state index in [1.165, 1.54) is 6.07 Å². The molecule has 142 valence electrons. The van der Waals surface area contributed by atoms with Gasteiger partial charge in [-0.05, 0) is 18.2 Å². The molecule has 6 nitrogen and oxygen atoms in total. The van der Waals surface area contributed by atoms with Crippen LogP contribution in [0, 0.1) is 0 Å². The van der Waals surface area contributed by atoms with E-state index >= 15 is 0 Å². The molecular weight excluding hydrogens is 349 g/mol. The number of alkyl halides is 3. The molecule has 1 aromatic rings. The first kappa shape index (κ1) is 18.5. The van der Waals surface area contributed by atoms with Crippen LogP contribution in [0.25, 0.3) is 0 Å². The third-order valence-corrected chi connectivity index (χ3v) is 4.68. The number of anilines is 1. The summed E-state index contributed by atoms with van der Waals surface area (Å²) >= 11 is 0. The molecule has 0 aromatic heterocycles. The van der Waals surface area contributed by atoms with Crippen LogP contribution in [-0.2, 0) is 15.8 Å². The predicted octanol–water partition coefficient (Wildman–Crippen LogP) is 0.832. The molecule has 2 aliphatic heterocycles. The van der Waals surface area contributed by atoms with Gasteiger partial charge in [0.05, 0.1) is 18.0 Å². The zero-order valence-corrected chi connectivity index (χ0v) is 14.2. The topological polar surface area (TPSA) is 64.7 Å². The minimum absolute atomic E-state index is 0.0927. The average molecular weight is 370 g/mol. The summed E-state index contributed by atoms with van der Waals surface area (Å²) in [5.41, 5.74) is -0.178. The first-order valence-electron chi connectivity index (χ1n) is 8.55. The van der Waals surface area contributed by atoms with Crippen molar-refractivity contribution >= 4 is 17.5 Å². The van der Waals surface area contributed by atoms with E-state index in [4.69, 9.17) is 0 Å². The molecule has 0 bridgehead atoms. The number of amides is 2. The van der Waals surface area contributed by atoms with Gasteiger partial charge >= 0.3 is 6.18 Å². The Hall–Kier alpha value is -2.29. The number of nitrogens with zero attached hydrogens (tertiary/aromatic N) is 2. The fraction of sp³-hybridized carbons (Fsp3) is 0.529. The predicted molar refractivity (Wildman–Crippen MR) is 89.7 cm³/mol. The van der Waals surface area contributed by atoms with Crippen molar-refractivity contribution in [3.05, 3.63) is 29.8 Å². The van der Waals surface area contributed by atoms with Crippen molar-refractivity contribution in [2.24, 2.45) is 0 Å². The van der Waals surface area contributed by atoms with Crippen LogP contribution < -0.4 is 15.5 Å². The molecule has 0 radical (unpaired) electrons. The number of nitrogens with one attached hydrogen (secondary N) is 2. The number of carbonyl (C=O) groups excluding carboxylic acids is 2. The molecule has 0 aliphatic carbocycles. The Bertz CT molecular complexity index is 672. The van der Waals surface area contributed by atoms with Gasteiger partial charge in [0, 0.05) is 45.0 Å². The van der Waals surface area contributed by atoms with Gasteiger partial charge in [-0.25, -0.2) is 0 Å². The van der Waals surface area contributed by atoms with E-state index in [1.54, 1.807) is 11.0 Å². The lowest BCUT2D eigenvalue weighted by molar-refractivity contribution is -0.137. The number of halogens is 3. The van der Waals surface area contributed by atoms with Crippen molar-refractivity contribution in [2.45, 2.75) is 18.6 Å². The van der Waals surface area contributed by atoms with Gasteiger partial charge in [0.2, 0.25) is 11.8 Å². The average Bonchev–Trinajstić information content (AvgIpc) is 2.63. The van der Waals surface area contributed by atoms with Crippen molar-refractivity contribution in [3.63, 3.8) is 0 Å². The number of hydrogen-bond acceptors (Lipinski definition) is 4. The summed E-state index contributed by atoms with van der Waals surface area (Å²) in [6.45, 7) is 2.94. The molecule has 26 heavy (non-hydrogen) atoms. The smallest absolute Gasteiger partial charge is 0.368 e. The standard InChI is InChI=1S/C17H21F3N4O2/c18-17(19,20)12-2-1-3-13(10-12)23-6-8-24(9-7-23)15(25)11-14-16(26)22-5-4-21-14/h1-3,10,14,21H,4-9,11H2,(H,22,26). The molecule has 2 aliphatic rings. The minimum atomic E-state index is -4.37. The van der Waals surface area contributed by atoms with Crippen LogP contribution in [0.15, 0.2) is 24.3 Å². The maximum atomic E-state index is 12.8. The first-order chi connectivity index (χ1) is 12.3. The highest BCUT2D eigenvalue weighted by Crippen LogP contribution is 2.31. The molecule has 3 rings (SSSR count). The highest BCUT2D eigenvalue weighted by molar-refractivity contribution is 5.88. The van der Waals surface area contributed by atoms with Gasteiger partial charge in [-0.1, -0.05) is 6.07 Å². The van der Waals surface area contributed by atoms with E-state index in [9.17, 15) is 22.8 Å². The molecule has 0 spiro atoms. The fourth-order valence-corrected chi connectivity index (χ4v) is 3.21. The van der Waals surface area contributed by atoms with Crippen molar-refractivity contribution in [3.8, 4) is 0 Å². The molecule has 1 aromatic carbocycles. The Morgan fingerprint density at radius 1 is 1.15 bits per heavy atom. The molecule has 1 unspecified atom stereocenters. The third-order valence-electron chi connectivity index (χ3n) is 4.68. The van der Waals surface area contributed by atoms with E-state index in [0.29, 0.717) is 45.0 Å². The number of rotatable bonds is 3.